The predicted octanol–water partition coefficient (Wildman–Crippen LogP) is 1.86. The van der Waals surface area contributed by atoms with Gasteiger partial charge in [-0.25, -0.2) is 0 Å². The van der Waals surface area contributed by atoms with Gasteiger partial charge in [-0.2, -0.15) is 5.10 Å². The molecule has 2 N–H and O–H groups in total. The lowest BCUT2D eigenvalue weighted by molar-refractivity contribution is 0.0946. The van der Waals surface area contributed by atoms with E-state index >= 15 is 0 Å². The van der Waals surface area contributed by atoms with E-state index in [0.717, 1.165) is 28.4 Å². The summed E-state index contributed by atoms with van der Waals surface area (Å²) in [6.07, 6.45) is 1.71. The molecular formula is C13H11N5OS. The van der Waals surface area contributed by atoms with Gasteiger partial charge < -0.3 is 5.32 Å². The van der Waals surface area contributed by atoms with Crippen molar-refractivity contribution in [2.24, 2.45) is 0 Å². The Morgan fingerprint density at radius 2 is 2.10 bits per heavy atom. The van der Waals surface area contributed by atoms with Crippen LogP contribution in [0.3, 0.4) is 0 Å². The number of H-pyrrole nitrogens is 1. The van der Waals surface area contributed by atoms with Crippen LogP contribution < -0.4 is 5.32 Å². The van der Waals surface area contributed by atoms with E-state index in [1.54, 1.807) is 11.6 Å². The fourth-order valence-electron chi connectivity index (χ4n) is 1.76. The summed E-state index contributed by atoms with van der Waals surface area (Å²) >= 11 is 1.16. The van der Waals surface area contributed by atoms with Gasteiger partial charge in [-0.05, 0) is 28.7 Å². The minimum atomic E-state index is -0.212. The fraction of sp³-hybridized carbons (Fsp3) is 0.0769. The molecule has 20 heavy (non-hydrogen) atoms. The third kappa shape index (κ3) is 2.72. The second-order valence-corrected chi connectivity index (χ2v) is 4.75. The zero-order valence-electron chi connectivity index (χ0n) is 10.4. The smallest absolute Gasteiger partial charge is 0.273 e. The van der Waals surface area contributed by atoms with Crippen molar-refractivity contribution >= 4 is 17.4 Å². The summed E-state index contributed by atoms with van der Waals surface area (Å²) in [5.41, 5.74) is 3.39. The van der Waals surface area contributed by atoms with E-state index in [1.165, 1.54) is 0 Å². The standard InChI is InChI=1S/C13H11N5OS/c19-13(12-8-20-18-17-12)14-7-9-1-3-10(4-2-9)11-5-6-15-16-11/h1-6,8H,7H2,(H,14,19)(H,15,16). The zero-order valence-corrected chi connectivity index (χ0v) is 11.2. The Hall–Kier alpha value is -2.54. The number of carbonyl (C=O) groups is 1. The van der Waals surface area contributed by atoms with E-state index in [4.69, 9.17) is 0 Å². The van der Waals surface area contributed by atoms with Crippen molar-refractivity contribution in [3.05, 3.63) is 53.2 Å². The number of aromatic nitrogens is 4. The van der Waals surface area contributed by atoms with E-state index in [1.807, 2.05) is 30.3 Å². The molecule has 6 nitrogen and oxygen atoms in total. The first-order valence-corrected chi connectivity index (χ1v) is 6.80. The second-order valence-electron chi connectivity index (χ2n) is 4.14. The lowest BCUT2D eigenvalue weighted by Crippen LogP contribution is -2.23. The summed E-state index contributed by atoms with van der Waals surface area (Å²) in [4.78, 5) is 11.7. The van der Waals surface area contributed by atoms with E-state index in [-0.39, 0.29) is 5.91 Å². The number of aromatic amines is 1. The Morgan fingerprint density at radius 3 is 2.75 bits per heavy atom. The van der Waals surface area contributed by atoms with Crippen molar-refractivity contribution in [2.75, 3.05) is 0 Å². The van der Waals surface area contributed by atoms with Crippen molar-refractivity contribution in [2.45, 2.75) is 6.54 Å². The molecule has 0 fully saturated rings. The van der Waals surface area contributed by atoms with Crippen LogP contribution in [-0.4, -0.2) is 25.7 Å². The Kier molecular flexibility index (Phi) is 3.51. The van der Waals surface area contributed by atoms with Crippen LogP contribution in [0.25, 0.3) is 11.3 Å². The number of hydrogen-bond acceptors (Lipinski definition) is 5. The summed E-state index contributed by atoms with van der Waals surface area (Å²) in [5, 5.41) is 15.0. The Bertz CT molecular complexity index is 676. The van der Waals surface area contributed by atoms with Gasteiger partial charge in [-0.3, -0.25) is 9.89 Å². The van der Waals surface area contributed by atoms with E-state index < -0.39 is 0 Å². The molecule has 0 unspecified atom stereocenters. The molecular weight excluding hydrogens is 274 g/mol. The lowest BCUT2D eigenvalue weighted by Gasteiger charge is -2.04. The van der Waals surface area contributed by atoms with Gasteiger partial charge in [-0.1, -0.05) is 28.8 Å². The number of carbonyl (C=O) groups excluding carboxylic acids is 1. The first kappa shape index (κ1) is 12.5. The summed E-state index contributed by atoms with van der Waals surface area (Å²) in [7, 11) is 0. The third-order valence-electron chi connectivity index (χ3n) is 2.81. The molecule has 2 aromatic heterocycles. The molecule has 1 aromatic carbocycles. The van der Waals surface area contributed by atoms with Crippen LogP contribution in [0, 0.1) is 0 Å². The molecule has 1 amide bonds. The highest BCUT2D eigenvalue weighted by Gasteiger charge is 2.08. The highest BCUT2D eigenvalue weighted by Crippen LogP contribution is 2.16. The normalized spacial score (nSPS) is 10.4. The molecule has 0 saturated heterocycles. The Labute approximate surface area is 119 Å². The van der Waals surface area contributed by atoms with Crippen molar-refractivity contribution in [1.29, 1.82) is 0 Å². The van der Waals surface area contributed by atoms with E-state index in [0.29, 0.717) is 12.2 Å². The van der Waals surface area contributed by atoms with Crippen molar-refractivity contribution < 1.29 is 4.79 Å². The predicted molar refractivity (Wildman–Crippen MR) is 75.1 cm³/mol. The fourth-order valence-corrected chi connectivity index (χ4v) is 2.19. The van der Waals surface area contributed by atoms with Crippen LogP contribution in [0.5, 0.6) is 0 Å². The molecule has 0 spiro atoms. The van der Waals surface area contributed by atoms with Crippen LogP contribution in [0.4, 0.5) is 0 Å². The van der Waals surface area contributed by atoms with Crippen molar-refractivity contribution in [1.82, 2.24) is 25.1 Å². The van der Waals surface area contributed by atoms with Gasteiger partial charge in [0.05, 0.1) is 5.69 Å². The van der Waals surface area contributed by atoms with Gasteiger partial charge >= 0.3 is 0 Å². The van der Waals surface area contributed by atoms with Gasteiger partial charge in [0.15, 0.2) is 5.69 Å². The number of rotatable bonds is 4. The molecule has 0 atom stereocenters. The number of nitrogens with zero attached hydrogens (tertiary/aromatic N) is 3. The summed E-state index contributed by atoms with van der Waals surface area (Å²) < 4.78 is 3.66. The topological polar surface area (TPSA) is 83.6 Å². The van der Waals surface area contributed by atoms with Crippen LogP contribution in [0.2, 0.25) is 0 Å². The number of amides is 1. The monoisotopic (exact) mass is 285 g/mol. The highest BCUT2D eigenvalue weighted by molar-refractivity contribution is 7.03. The van der Waals surface area contributed by atoms with Crippen LogP contribution in [0.15, 0.2) is 41.9 Å². The maximum Gasteiger partial charge on any atom is 0.273 e. The average Bonchev–Trinajstić information content (AvgIpc) is 3.18. The third-order valence-corrected chi connectivity index (χ3v) is 3.32. The molecule has 0 aliphatic carbocycles. The number of nitrogens with one attached hydrogen (secondary N) is 2. The first-order chi connectivity index (χ1) is 9.83. The molecule has 100 valence electrons. The Morgan fingerprint density at radius 1 is 1.25 bits per heavy atom. The second kappa shape index (κ2) is 5.62. The highest BCUT2D eigenvalue weighted by atomic mass is 32.1. The molecule has 0 bridgehead atoms. The van der Waals surface area contributed by atoms with E-state index in [2.05, 4.69) is 25.1 Å². The molecule has 0 aliphatic heterocycles. The molecule has 3 rings (SSSR count). The summed E-state index contributed by atoms with van der Waals surface area (Å²) in [5.74, 6) is -0.212. The van der Waals surface area contributed by atoms with Gasteiger partial charge in [0.25, 0.3) is 5.91 Å². The van der Waals surface area contributed by atoms with Crippen LogP contribution in [0.1, 0.15) is 16.1 Å². The summed E-state index contributed by atoms with van der Waals surface area (Å²) in [6, 6.07) is 9.82. The molecule has 0 radical (unpaired) electrons. The van der Waals surface area contributed by atoms with Crippen molar-refractivity contribution in [3.63, 3.8) is 0 Å². The van der Waals surface area contributed by atoms with Gasteiger partial charge in [-0.15, -0.1) is 5.10 Å². The van der Waals surface area contributed by atoms with Gasteiger partial charge in [0, 0.05) is 18.1 Å². The lowest BCUT2D eigenvalue weighted by atomic mass is 10.1. The minimum Gasteiger partial charge on any atom is -0.347 e. The average molecular weight is 285 g/mol. The van der Waals surface area contributed by atoms with Crippen LogP contribution >= 0.6 is 11.5 Å². The zero-order chi connectivity index (χ0) is 13.8. The molecule has 3 aromatic rings. The van der Waals surface area contributed by atoms with Crippen molar-refractivity contribution in [3.8, 4) is 11.3 Å². The summed E-state index contributed by atoms with van der Waals surface area (Å²) in [6.45, 7) is 0.458. The van der Waals surface area contributed by atoms with Gasteiger partial charge in [0.1, 0.15) is 0 Å². The van der Waals surface area contributed by atoms with Gasteiger partial charge in [0.2, 0.25) is 0 Å². The maximum atomic E-state index is 11.7. The maximum absolute atomic E-state index is 11.7. The molecule has 2 heterocycles. The van der Waals surface area contributed by atoms with E-state index in [9.17, 15) is 4.79 Å². The minimum absolute atomic E-state index is 0.212. The van der Waals surface area contributed by atoms with Crippen LogP contribution in [-0.2, 0) is 6.54 Å². The first-order valence-electron chi connectivity index (χ1n) is 5.97. The number of hydrogen-bond donors (Lipinski definition) is 2. The number of benzene rings is 1. The molecule has 0 saturated carbocycles. The Balaban J connectivity index is 1.63. The SMILES string of the molecule is O=C(NCc1ccc(-c2ccn[nH]2)cc1)c1csnn1. The molecule has 0 aliphatic rings. The molecule has 7 heteroatoms. The quantitative estimate of drug-likeness (QED) is 0.766. The largest absolute Gasteiger partial charge is 0.347 e.